The quantitative estimate of drug-likeness (QED) is 0.580. The van der Waals surface area contributed by atoms with Gasteiger partial charge < -0.3 is 10.6 Å². The predicted octanol–water partition coefficient (Wildman–Crippen LogP) is 3.88. The van der Waals surface area contributed by atoms with Crippen LogP contribution < -0.4 is 10.6 Å². The van der Waals surface area contributed by atoms with E-state index in [4.69, 9.17) is 0 Å². The maximum absolute atomic E-state index is 13.6. The van der Waals surface area contributed by atoms with E-state index in [9.17, 15) is 18.0 Å². The zero-order valence-corrected chi connectivity index (χ0v) is 20.3. The molecule has 2 amide bonds. The average molecular weight is 472 g/mol. The molecule has 0 saturated carbocycles. The van der Waals surface area contributed by atoms with Gasteiger partial charge in [0.25, 0.3) is 0 Å². The number of nitrogens with zero attached hydrogens (tertiary/aromatic N) is 1. The van der Waals surface area contributed by atoms with Crippen LogP contribution in [-0.4, -0.2) is 37.6 Å². The highest BCUT2D eigenvalue weighted by atomic mass is 32.2. The molecule has 0 spiro atoms. The third kappa shape index (κ3) is 6.21. The molecule has 8 heteroatoms. The molecule has 1 aliphatic heterocycles. The number of carbonyl (C=O) groups is 2. The summed E-state index contributed by atoms with van der Waals surface area (Å²) < 4.78 is 28.6. The molecule has 0 aromatic heterocycles. The van der Waals surface area contributed by atoms with Gasteiger partial charge in [-0.2, -0.15) is 4.31 Å². The molecule has 3 rings (SSSR count). The molecular formula is C25H33N3O4S. The molecule has 178 valence electrons. The number of carbonyl (C=O) groups excluding carboxylic acids is 2. The Labute approximate surface area is 196 Å². The lowest BCUT2D eigenvalue weighted by molar-refractivity contribution is -0.122. The zero-order chi connectivity index (χ0) is 24.0. The minimum absolute atomic E-state index is 0.0684. The summed E-state index contributed by atoms with van der Waals surface area (Å²) in [5.74, 6) is 0.180. The minimum atomic E-state index is -3.84. The monoisotopic (exact) mass is 471 g/mol. The Hall–Kier alpha value is -2.71. The van der Waals surface area contributed by atoms with Crippen LogP contribution in [0.5, 0.6) is 0 Å². The number of amides is 2. The van der Waals surface area contributed by atoms with E-state index in [2.05, 4.69) is 24.5 Å². The van der Waals surface area contributed by atoms with Gasteiger partial charge in [0.15, 0.2) is 0 Å². The average Bonchev–Trinajstić information content (AvgIpc) is 2.79. The second-order valence-corrected chi connectivity index (χ2v) is 10.6. The van der Waals surface area contributed by atoms with Crippen molar-refractivity contribution < 1.29 is 18.0 Å². The Bertz CT molecular complexity index is 1080. The number of fused-ring (bicyclic) bond motifs is 1. The Morgan fingerprint density at radius 2 is 1.76 bits per heavy atom. The van der Waals surface area contributed by atoms with E-state index in [0.717, 1.165) is 17.5 Å². The standard InChI is InChI=1S/C25H33N3O4S/c1-4-24(29)27-20-9-11-21(12-10-20)33(31,32)28-16-14-19-7-5-6-8-22(19)23(28)17-25(30)26-15-13-18(2)3/h5-12,18,23H,4,13-17H2,1-3H3,(H,26,30)(H,27,29)/t23-/m0/s1. The van der Waals surface area contributed by atoms with Gasteiger partial charge in [-0.25, -0.2) is 8.42 Å². The van der Waals surface area contributed by atoms with Crippen LogP contribution in [0.15, 0.2) is 53.4 Å². The molecule has 0 unspecified atom stereocenters. The largest absolute Gasteiger partial charge is 0.356 e. The Morgan fingerprint density at radius 1 is 1.06 bits per heavy atom. The molecule has 1 atom stereocenters. The lowest BCUT2D eigenvalue weighted by Crippen LogP contribution is -2.42. The molecule has 0 radical (unpaired) electrons. The maximum Gasteiger partial charge on any atom is 0.243 e. The van der Waals surface area contributed by atoms with Crippen molar-refractivity contribution >= 4 is 27.5 Å². The van der Waals surface area contributed by atoms with Crippen LogP contribution >= 0.6 is 0 Å². The Balaban J connectivity index is 1.85. The molecule has 7 nitrogen and oxygen atoms in total. The molecule has 0 fully saturated rings. The summed E-state index contributed by atoms with van der Waals surface area (Å²) in [7, 11) is -3.84. The fraction of sp³-hybridized carbons (Fsp3) is 0.440. The van der Waals surface area contributed by atoms with Crippen molar-refractivity contribution in [1.82, 2.24) is 9.62 Å². The van der Waals surface area contributed by atoms with Gasteiger partial charge in [-0.05, 0) is 54.2 Å². The fourth-order valence-electron chi connectivity index (χ4n) is 3.97. The molecule has 2 N–H and O–H groups in total. The van der Waals surface area contributed by atoms with E-state index >= 15 is 0 Å². The third-order valence-corrected chi connectivity index (χ3v) is 7.77. The van der Waals surface area contributed by atoms with E-state index < -0.39 is 16.1 Å². The number of nitrogens with one attached hydrogen (secondary N) is 2. The van der Waals surface area contributed by atoms with Crippen molar-refractivity contribution in [2.75, 3.05) is 18.4 Å². The number of hydrogen-bond donors (Lipinski definition) is 2. The molecule has 2 aromatic carbocycles. The van der Waals surface area contributed by atoms with E-state index in [1.54, 1.807) is 19.1 Å². The number of hydrogen-bond acceptors (Lipinski definition) is 4. The van der Waals surface area contributed by atoms with Crippen LogP contribution in [-0.2, 0) is 26.0 Å². The molecule has 0 saturated heterocycles. The van der Waals surface area contributed by atoms with Gasteiger partial charge in [0, 0.05) is 31.6 Å². The molecule has 0 aliphatic carbocycles. The van der Waals surface area contributed by atoms with Crippen molar-refractivity contribution in [3.8, 4) is 0 Å². The van der Waals surface area contributed by atoms with Gasteiger partial charge in [-0.15, -0.1) is 0 Å². The van der Waals surface area contributed by atoms with E-state index in [-0.39, 0.29) is 23.1 Å². The van der Waals surface area contributed by atoms with Crippen molar-refractivity contribution in [1.29, 1.82) is 0 Å². The molecule has 0 bridgehead atoms. The summed E-state index contributed by atoms with van der Waals surface area (Å²) in [6.07, 6.45) is 1.87. The first-order valence-corrected chi connectivity index (χ1v) is 12.9. The highest BCUT2D eigenvalue weighted by Gasteiger charge is 2.37. The van der Waals surface area contributed by atoms with Crippen LogP contribution in [0.4, 0.5) is 5.69 Å². The van der Waals surface area contributed by atoms with Gasteiger partial charge in [0.2, 0.25) is 21.8 Å². The highest BCUT2D eigenvalue weighted by Crippen LogP contribution is 2.36. The lowest BCUT2D eigenvalue weighted by atomic mass is 9.92. The van der Waals surface area contributed by atoms with Crippen LogP contribution in [0.2, 0.25) is 0 Å². The summed E-state index contributed by atoms with van der Waals surface area (Å²) >= 11 is 0. The first-order valence-electron chi connectivity index (χ1n) is 11.5. The van der Waals surface area contributed by atoms with E-state index in [1.807, 2.05) is 24.3 Å². The summed E-state index contributed by atoms with van der Waals surface area (Å²) in [4.78, 5) is 24.5. The highest BCUT2D eigenvalue weighted by molar-refractivity contribution is 7.89. The first-order chi connectivity index (χ1) is 15.7. The molecule has 2 aromatic rings. The number of anilines is 1. The first kappa shape index (κ1) is 24.9. The normalized spacial score (nSPS) is 16.3. The fourth-order valence-corrected chi connectivity index (χ4v) is 5.58. The van der Waals surface area contributed by atoms with Crippen molar-refractivity contribution in [2.45, 2.75) is 57.4 Å². The van der Waals surface area contributed by atoms with Crippen molar-refractivity contribution in [2.24, 2.45) is 5.92 Å². The zero-order valence-electron chi connectivity index (χ0n) is 19.5. The van der Waals surface area contributed by atoms with Gasteiger partial charge in [-0.3, -0.25) is 9.59 Å². The van der Waals surface area contributed by atoms with Gasteiger partial charge >= 0.3 is 0 Å². The molecular weight excluding hydrogens is 438 g/mol. The van der Waals surface area contributed by atoms with E-state index in [1.165, 1.54) is 16.4 Å². The number of benzene rings is 2. The van der Waals surface area contributed by atoms with Crippen LogP contribution in [0, 0.1) is 5.92 Å². The molecule has 33 heavy (non-hydrogen) atoms. The summed E-state index contributed by atoms with van der Waals surface area (Å²) in [6, 6.07) is 13.3. The summed E-state index contributed by atoms with van der Waals surface area (Å²) in [6.45, 7) is 6.81. The summed E-state index contributed by atoms with van der Waals surface area (Å²) in [5.41, 5.74) is 2.49. The van der Waals surface area contributed by atoms with Crippen LogP contribution in [0.25, 0.3) is 0 Å². The predicted molar refractivity (Wildman–Crippen MR) is 129 cm³/mol. The number of sulfonamides is 1. The van der Waals surface area contributed by atoms with Crippen molar-refractivity contribution in [3.05, 3.63) is 59.7 Å². The Morgan fingerprint density at radius 3 is 2.42 bits per heavy atom. The topological polar surface area (TPSA) is 95.6 Å². The number of rotatable bonds is 9. The van der Waals surface area contributed by atoms with E-state index in [0.29, 0.717) is 37.5 Å². The molecule has 1 aliphatic rings. The smallest absolute Gasteiger partial charge is 0.243 e. The second-order valence-electron chi connectivity index (χ2n) is 8.74. The van der Waals surface area contributed by atoms with Crippen LogP contribution in [0.3, 0.4) is 0 Å². The SMILES string of the molecule is CCC(=O)Nc1ccc(S(=O)(=O)N2CCc3ccccc3[C@@H]2CC(=O)NCCC(C)C)cc1. The van der Waals surface area contributed by atoms with Gasteiger partial charge in [0.1, 0.15) is 0 Å². The second kappa shape index (κ2) is 10.9. The van der Waals surface area contributed by atoms with Gasteiger partial charge in [-0.1, -0.05) is 45.0 Å². The molecule has 1 heterocycles. The van der Waals surface area contributed by atoms with Crippen molar-refractivity contribution in [3.63, 3.8) is 0 Å². The van der Waals surface area contributed by atoms with Crippen LogP contribution in [0.1, 0.15) is 57.2 Å². The maximum atomic E-state index is 13.6. The lowest BCUT2D eigenvalue weighted by Gasteiger charge is -2.36. The van der Waals surface area contributed by atoms with Gasteiger partial charge in [0.05, 0.1) is 10.9 Å². The minimum Gasteiger partial charge on any atom is -0.356 e. The Kier molecular flexibility index (Phi) is 8.26. The third-order valence-electron chi connectivity index (χ3n) is 5.85. The summed E-state index contributed by atoms with van der Waals surface area (Å²) in [5, 5.41) is 5.66.